The van der Waals surface area contributed by atoms with Gasteiger partial charge in [-0.1, -0.05) is 42.4 Å². The molecule has 1 saturated heterocycles. The summed E-state index contributed by atoms with van der Waals surface area (Å²) in [5, 5.41) is 4.42. The highest BCUT2D eigenvalue weighted by Gasteiger charge is 2.36. The van der Waals surface area contributed by atoms with E-state index in [9.17, 15) is 4.79 Å². The first-order valence-electron chi connectivity index (χ1n) is 10.4. The molecule has 0 radical (unpaired) electrons. The molecule has 1 atom stereocenters. The quantitative estimate of drug-likeness (QED) is 0.729. The molecule has 2 aliphatic rings. The summed E-state index contributed by atoms with van der Waals surface area (Å²) in [6, 6.07) is 10.3. The van der Waals surface area contributed by atoms with E-state index in [0.29, 0.717) is 19.8 Å². The van der Waals surface area contributed by atoms with E-state index in [1.165, 1.54) is 0 Å². The largest absolute Gasteiger partial charge is 0.378 e. The van der Waals surface area contributed by atoms with Crippen molar-refractivity contribution in [2.24, 2.45) is 5.92 Å². The molecule has 28 heavy (non-hydrogen) atoms. The maximum Gasteiger partial charge on any atom is 0.233 e. The Morgan fingerprint density at radius 1 is 1.25 bits per heavy atom. The topological polar surface area (TPSA) is 58.8 Å². The zero-order chi connectivity index (χ0) is 19.5. The van der Waals surface area contributed by atoms with Gasteiger partial charge in [0.15, 0.2) is 0 Å². The molecule has 150 valence electrons. The lowest BCUT2D eigenvalue weighted by Gasteiger charge is -2.31. The minimum atomic E-state index is 0.184. The molecule has 6 heteroatoms. The van der Waals surface area contributed by atoms with Crippen molar-refractivity contribution in [1.82, 2.24) is 10.1 Å². The predicted octanol–water partition coefficient (Wildman–Crippen LogP) is 3.72. The third kappa shape index (κ3) is 3.92. The summed E-state index contributed by atoms with van der Waals surface area (Å²) in [4.78, 5) is 17.2. The van der Waals surface area contributed by atoms with Gasteiger partial charge in [0, 0.05) is 30.6 Å². The minimum Gasteiger partial charge on any atom is -0.378 e. The van der Waals surface area contributed by atoms with Crippen molar-refractivity contribution < 1.29 is 14.1 Å². The molecule has 0 unspecified atom stereocenters. The van der Waals surface area contributed by atoms with Crippen molar-refractivity contribution in [3.05, 3.63) is 35.9 Å². The van der Waals surface area contributed by atoms with E-state index < -0.39 is 0 Å². The molecule has 1 amide bonds. The van der Waals surface area contributed by atoms with E-state index >= 15 is 0 Å². The molecule has 1 saturated carbocycles. The van der Waals surface area contributed by atoms with Gasteiger partial charge in [0.25, 0.3) is 0 Å². The van der Waals surface area contributed by atoms with E-state index in [4.69, 9.17) is 9.26 Å². The van der Waals surface area contributed by atoms with Crippen LogP contribution >= 0.6 is 0 Å². The Morgan fingerprint density at radius 3 is 2.61 bits per heavy atom. The van der Waals surface area contributed by atoms with Gasteiger partial charge in [-0.05, 0) is 26.2 Å². The average molecular weight is 383 g/mol. The summed E-state index contributed by atoms with van der Waals surface area (Å²) >= 11 is 0. The van der Waals surface area contributed by atoms with E-state index in [2.05, 4.69) is 23.9 Å². The lowest BCUT2D eigenvalue weighted by Crippen LogP contribution is -2.40. The number of carbonyl (C=O) groups excluding carboxylic acids is 1. The third-order valence-electron chi connectivity index (χ3n) is 5.77. The number of benzene rings is 1. The van der Waals surface area contributed by atoms with Gasteiger partial charge in [0.1, 0.15) is 5.69 Å². The molecule has 2 heterocycles. The molecule has 2 fully saturated rings. The number of nitrogens with zero attached hydrogens (tertiary/aromatic N) is 3. The SMILES string of the molecule is CC[C@H](C)N(Cc1c(-c2ccccc2)noc1N1CCOCC1)C(=O)C1CC1. The molecule has 0 spiro atoms. The number of aromatic nitrogens is 1. The van der Waals surface area contributed by atoms with Crippen molar-refractivity contribution in [2.75, 3.05) is 31.2 Å². The van der Waals surface area contributed by atoms with Crippen LogP contribution in [-0.2, 0) is 16.1 Å². The standard InChI is InChI=1S/C22H29N3O3/c1-3-16(2)25(21(26)18-9-10-18)15-19-20(17-7-5-4-6-8-17)23-28-22(19)24-11-13-27-14-12-24/h4-8,16,18H,3,9-15H2,1-2H3/t16-/m0/s1. The van der Waals surface area contributed by atoms with Crippen LogP contribution < -0.4 is 4.90 Å². The van der Waals surface area contributed by atoms with Crippen LogP contribution in [0.15, 0.2) is 34.9 Å². The smallest absolute Gasteiger partial charge is 0.233 e. The van der Waals surface area contributed by atoms with Gasteiger partial charge in [-0.2, -0.15) is 0 Å². The lowest BCUT2D eigenvalue weighted by molar-refractivity contribution is -0.135. The van der Waals surface area contributed by atoms with E-state index in [0.717, 1.165) is 55.1 Å². The molecule has 2 aromatic rings. The van der Waals surface area contributed by atoms with Crippen molar-refractivity contribution in [3.63, 3.8) is 0 Å². The van der Waals surface area contributed by atoms with Crippen LogP contribution in [0.5, 0.6) is 0 Å². The molecule has 1 aromatic heterocycles. The van der Waals surface area contributed by atoms with Gasteiger partial charge in [0.05, 0.1) is 25.3 Å². The zero-order valence-electron chi connectivity index (χ0n) is 16.8. The Hall–Kier alpha value is -2.34. The number of ether oxygens (including phenoxy) is 1. The number of carbonyl (C=O) groups is 1. The third-order valence-corrected chi connectivity index (χ3v) is 5.77. The van der Waals surface area contributed by atoms with Gasteiger partial charge in [-0.25, -0.2) is 0 Å². The first-order valence-corrected chi connectivity index (χ1v) is 10.4. The van der Waals surface area contributed by atoms with Crippen LogP contribution in [0, 0.1) is 5.92 Å². The molecular formula is C22H29N3O3. The number of hydrogen-bond acceptors (Lipinski definition) is 5. The molecule has 4 rings (SSSR count). The summed E-state index contributed by atoms with van der Waals surface area (Å²) in [5.41, 5.74) is 2.85. The fourth-order valence-electron chi connectivity index (χ4n) is 3.69. The Balaban J connectivity index is 1.71. The second-order valence-electron chi connectivity index (χ2n) is 7.78. The van der Waals surface area contributed by atoms with Gasteiger partial charge in [0.2, 0.25) is 11.8 Å². The summed E-state index contributed by atoms with van der Waals surface area (Å²) in [7, 11) is 0. The minimum absolute atomic E-state index is 0.184. The van der Waals surface area contributed by atoms with Gasteiger partial charge in [-0.15, -0.1) is 0 Å². The molecule has 1 aliphatic carbocycles. The van der Waals surface area contributed by atoms with Crippen LogP contribution in [0.2, 0.25) is 0 Å². The van der Waals surface area contributed by atoms with Gasteiger partial charge < -0.3 is 19.1 Å². The van der Waals surface area contributed by atoms with E-state index in [1.807, 2.05) is 35.2 Å². The van der Waals surface area contributed by atoms with Crippen LogP contribution in [0.4, 0.5) is 5.88 Å². The highest BCUT2D eigenvalue weighted by Crippen LogP contribution is 2.36. The number of hydrogen-bond donors (Lipinski definition) is 0. The zero-order valence-corrected chi connectivity index (χ0v) is 16.8. The predicted molar refractivity (Wildman–Crippen MR) is 108 cm³/mol. The molecule has 0 bridgehead atoms. The summed E-state index contributed by atoms with van der Waals surface area (Å²) in [6.45, 7) is 7.70. The Kier molecular flexibility index (Phi) is 5.67. The number of rotatable bonds is 7. The first kappa shape index (κ1) is 19.0. The number of morpholine rings is 1. The normalized spacial score (nSPS) is 18.1. The Labute approximate surface area is 166 Å². The van der Waals surface area contributed by atoms with Crippen molar-refractivity contribution in [1.29, 1.82) is 0 Å². The number of amides is 1. The van der Waals surface area contributed by atoms with E-state index in [1.54, 1.807) is 0 Å². The van der Waals surface area contributed by atoms with Crippen LogP contribution in [0.25, 0.3) is 11.3 Å². The van der Waals surface area contributed by atoms with Gasteiger partial charge in [-0.3, -0.25) is 4.79 Å². The van der Waals surface area contributed by atoms with Crippen LogP contribution in [0.1, 0.15) is 38.7 Å². The van der Waals surface area contributed by atoms with Gasteiger partial charge >= 0.3 is 0 Å². The number of anilines is 1. The monoisotopic (exact) mass is 383 g/mol. The average Bonchev–Trinajstić information content (AvgIpc) is 3.52. The Morgan fingerprint density at radius 2 is 1.96 bits per heavy atom. The second-order valence-corrected chi connectivity index (χ2v) is 7.78. The van der Waals surface area contributed by atoms with Crippen molar-refractivity contribution in [2.45, 2.75) is 45.7 Å². The fraction of sp³-hybridized carbons (Fsp3) is 0.545. The highest BCUT2D eigenvalue weighted by atomic mass is 16.5. The maximum absolute atomic E-state index is 13.0. The molecule has 1 aromatic carbocycles. The van der Waals surface area contributed by atoms with Crippen molar-refractivity contribution in [3.8, 4) is 11.3 Å². The fourth-order valence-corrected chi connectivity index (χ4v) is 3.69. The summed E-state index contributed by atoms with van der Waals surface area (Å²) < 4.78 is 11.3. The molecule has 0 N–H and O–H groups in total. The lowest BCUT2D eigenvalue weighted by atomic mass is 10.0. The first-order chi connectivity index (χ1) is 13.7. The molecule has 1 aliphatic heterocycles. The highest BCUT2D eigenvalue weighted by molar-refractivity contribution is 5.82. The maximum atomic E-state index is 13.0. The second kappa shape index (κ2) is 8.35. The molecule has 6 nitrogen and oxygen atoms in total. The summed E-state index contributed by atoms with van der Waals surface area (Å²) in [5.74, 6) is 1.24. The van der Waals surface area contributed by atoms with Crippen LogP contribution in [0.3, 0.4) is 0 Å². The summed E-state index contributed by atoms with van der Waals surface area (Å²) in [6.07, 6.45) is 2.95. The molecular weight excluding hydrogens is 354 g/mol. The Bertz CT molecular complexity index is 795. The van der Waals surface area contributed by atoms with Crippen LogP contribution in [-0.4, -0.2) is 48.3 Å². The van der Waals surface area contributed by atoms with E-state index in [-0.39, 0.29) is 17.9 Å². The van der Waals surface area contributed by atoms with Crippen molar-refractivity contribution >= 4 is 11.8 Å².